The van der Waals surface area contributed by atoms with Gasteiger partial charge in [-0.15, -0.1) is 0 Å². The van der Waals surface area contributed by atoms with E-state index in [-0.39, 0.29) is 11.9 Å². The number of fused-ring (bicyclic) bond motifs is 1. The SMILES string of the molecule is C[C@H]1CNCCN1C(=O)c1cccc2ncccc12. The number of benzene rings is 1. The molecular weight excluding hydrogens is 238 g/mol. The first-order valence-corrected chi connectivity index (χ1v) is 6.63. The fourth-order valence-corrected chi connectivity index (χ4v) is 2.59. The van der Waals surface area contributed by atoms with Crippen LogP contribution in [0.1, 0.15) is 17.3 Å². The highest BCUT2D eigenvalue weighted by Gasteiger charge is 2.24. The van der Waals surface area contributed by atoms with Gasteiger partial charge in [0.1, 0.15) is 0 Å². The van der Waals surface area contributed by atoms with Crippen LogP contribution in [0.15, 0.2) is 36.5 Å². The molecule has 1 fully saturated rings. The summed E-state index contributed by atoms with van der Waals surface area (Å²) in [7, 11) is 0. The Bertz CT molecular complexity index is 606. The van der Waals surface area contributed by atoms with E-state index in [0.717, 1.165) is 36.1 Å². The molecule has 0 unspecified atom stereocenters. The van der Waals surface area contributed by atoms with Crippen LogP contribution in [0.5, 0.6) is 0 Å². The second kappa shape index (κ2) is 4.97. The highest BCUT2D eigenvalue weighted by Crippen LogP contribution is 2.19. The van der Waals surface area contributed by atoms with Crippen LogP contribution in [-0.4, -0.2) is 41.5 Å². The average Bonchev–Trinajstić information content (AvgIpc) is 2.46. The molecule has 0 bridgehead atoms. The van der Waals surface area contributed by atoms with Gasteiger partial charge in [-0.3, -0.25) is 9.78 Å². The maximum Gasteiger partial charge on any atom is 0.254 e. The lowest BCUT2D eigenvalue weighted by Crippen LogP contribution is -2.52. The van der Waals surface area contributed by atoms with Gasteiger partial charge >= 0.3 is 0 Å². The topological polar surface area (TPSA) is 45.2 Å². The van der Waals surface area contributed by atoms with Crippen molar-refractivity contribution >= 4 is 16.8 Å². The normalized spacial score (nSPS) is 19.6. The predicted octanol–water partition coefficient (Wildman–Crippen LogP) is 1.67. The third-order valence-corrected chi connectivity index (χ3v) is 3.64. The molecule has 1 aromatic carbocycles. The number of rotatable bonds is 1. The average molecular weight is 255 g/mol. The lowest BCUT2D eigenvalue weighted by molar-refractivity contribution is 0.0658. The number of hydrogen-bond acceptors (Lipinski definition) is 3. The number of piperazine rings is 1. The molecular formula is C15H17N3O. The fraction of sp³-hybridized carbons (Fsp3) is 0.333. The van der Waals surface area contributed by atoms with Gasteiger partial charge in [0, 0.05) is 42.8 Å². The van der Waals surface area contributed by atoms with Crippen molar-refractivity contribution in [1.82, 2.24) is 15.2 Å². The summed E-state index contributed by atoms with van der Waals surface area (Å²) in [6.45, 7) is 4.55. The Morgan fingerprint density at radius 3 is 3.11 bits per heavy atom. The minimum atomic E-state index is 0.104. The van der Waals surface area contributed by atoms with E-state index in [1.807, 2.05) is 35.2 Å². The number of carbonyl (C=O) groups excluding carboxylic acids is 1. The molecule has 4 nitrogen and oxygen atoms in total. The van der Waals surface area contributed by atoms with Gasteiger partial charge in [0.15, 0.2) is 0 Å². The van der Waals surface area contributed by atoms with Crippen molar-refractivity contribution in [3.05, 3.63) is 42.1 Å². The first-order valence-electron chi connectivity index (χ1n) is 6.63. The standard InChI is InChI=1S/C15H17N3O/c1-11-10-16-8-9-18(11)15(19)13-4-2-6-14-12(13)5-3-7-17-14/h2-7,11,16H,8-10H2,1H3/t11-/m0/s1. The van der Waals surface area contributed by atoms with Crippen LogP contribution in [0.2, 0.25) is 0 Å². The molecule has 3 rings (SSSR count). The first kappa shape index (κ1) is 12.1. The lowest BCUT2D eigenvalue weighted by atomic mass is 10.1. The van der Waals surface area contributed by atoms with Crippen LogP contribution >= 0.6 is 0 Å². The summed E-state index contributed by atoms with van der Waals surface area (Å²) in [4.78, 5) is 18.9. The Morgan fingerprint density at radius 1 is 1.37 bits per heavy atom. The first-order chi connectivity index (χ1) is 9.27. The van der Waals surface area contributed by atoms with Gasteiger partial charge in [-0.2, -0.15) is 0 Å². The Labute approximate surface area is 112 Å². The summed E-state index contributed by atoms with van der Waals surface area (Å²) in [5.74, 6) is 0.104. The van der Waals surface area contributed by atoms with E-state index in [1.165, 1.54) is 0 Å². The Hall–Kier alpha value is -1.94. The molecule has 0 spiro atoms. The van der Waals surface area contributed by atoms with Crippen molar-refractivity contribution in [3.8, 4) is 0 Å². The Kier molecular flexibility index (Phi) is 3.17. The summed E-state index contributed by atoms with van der Waals surface area (Å²) >= 11 is 0. The van der Waals surface area contributed by atoms with Crippen molar-refractivity contribution in [3.63, 3.8) is 0 Å². The van der Waals surface area contributed by atoms with Crippen LogP contribution < -0.4 is 5.32 Å². The highest BCUT2D eigenvalue weighted by molar-refractivity contribution is 6.06. The number of pyridine rings is 1. The number of nitrogens with zero attached hydrogens (tertiary/aromatic N) is 2. The second-order valence-electron chi connectivity index (χ2n) is 4.93. The summed E-state index contributed by atoms with van der Waals surface area (Å²) in [6, 6.07) is 9.79. The van der Waals surface area contributed by atoms with Crippen LogP contribution in [0.25, 0.3) is 10.9 Å². The zero-order chi connectivity index (χ0) is 13.2. The number of carbonyl (C=O) groups is 1. The van der Waals surface area contributed by atoms with Crippen molar-refractivity contribution in [2.24, 2.45) is 0 Å². The van der Waals surface area contributed by atoms with E-state index < -0.39 is 0 Å². The largest absolute Gasteiger partial charge is 0.333 e. The molecule has 4 heteroatoms. The highest BCUT2D eigenvalue weighted by atomic mass is 16.2. The van der Waals surface area contributed by atoms with Gasteiger partial charge in [-0.1, -0.05) is 12.1 Å². The number of amides is 1. The molecule has 1 aliphatic rings. The minimum absolute atomic E-state index is 0.104. The van der Waals surface area contributed by atoms with Gasteiger partial charge in [0.05, 0.1) is 5.52 Å². The molecule has 1 N–H and O–H groups in total. The number of nitrogens with one attached hydrogen (secondary N) is 1. The molecule has 2 aromatic rings. The van der Waals surface area contributed by atoms with Gasteiger partial charge < -0.3 is 10.2 Å². The molecule has 1 saturated heterocycles. The molecule has 1 atom stereocenters. The molecule has 1 aromatic heterocycles. The molecule has 0 radical (unpaired) electrons. The maximum absolute atomic E-state index is 12.7. The molecule has 0 saturated carbocycles. The molecule has 98 valence electrons. The molecule has 19 heavy (non-hydrogen) atoms. The maximum atomic E-state index is 12.7. The smallest absolute Gasteiger partial charge is 0.254 e. The van der Waals surface area contributed by atoms with Gasteiger partial charge in [0.2, 0.25) is 0 Å². The summed E-state index contributed by atoms with van der Waals surface area (Å²) in [6.07, 6.45) is 1.75. The van der Waals surface area contributed by atoms with Gasteiger partial charge in [-0.05, 0) is 25.1 Å². The van der Waals surface area contributed by atoms with Gasteiger partial charge in [-0.25, -0.2) is 0 Å². The number of aromatic nitrogens is 1. The minimum Gasteiger partial charge on any atom is -0.333 e. The van der Waals surface area contributed by atoms with Crippen LogP contribution in [0.4, 0.5) is 0 Å². The van der Waals surface area contributed by atoms with E-state index in [1.54, 1.807) is 6.20 Å². The quantitative estimate of drug-likeness (QED) is 0.843. The molecule has 1 amide bonds. The summed E-state index contributed by atoms with van der Waals surface area (Å²) in [5, 5.41) is 4.23. The Balaban J connectivity index is 2.01. The van der Waals surface area contributed by atoms with E-state index in [0.29, 0.717) is 0 Å². The second-order valence-corrected chi connectivity index (χ2v) is 4.93. The fourth-order valence-electron chi connectivity index (χ4n) is 2.59. The summed E-state index contributed by atoms with van der Waals surface area (Å²) < 4.78 is 0. The van der Waals surface area contributed by atoms with Crippen LogP contribution in [0.3, 0.4) is 0 Å². The zero-order valence-electron chi connectivity index (χ0n) is 11.0. The van der Waals surface area contributed by atoms with E-state index in [9.17, 15) is 4.79 Å². The molecule has 2 heterocycles. The van der Waals surface area contributed by atoms with Crippen molar-refractivity contribution < 1.29 is 4.79 Å². The monoisotopic (exact) mass is 255 g/mol. The van der Waals surface area contributed by atoms with E-state index in [2.05, 4.69) is 17.2 Å². The predicted molar refractivity (Wildman–Crippen MR) is 75.1 cm³/mol. The van der Waals surface area contributed by atoms with Crippen LogP contribution in [-0.2, 0) is 0 Å². The lowest BCUT2D eigenvalue weighted by Gasteiger charge is -2.34. The molecule has 1 aliphatic heterocycles. The third kappa shape index (κ3) is 2.19. The summed E-state index contributed by atoms with van der Waals surface area (Å²) in [5.41, 5.74) is 1.62. The van der Waals surface area contributed by atoms with Crippen molar-refractivity contribution in [2.75, 3.05) is 19.6 Å². The van der Waals surface area contributed by atoms with E-state index in [4.69, 9.17) is 0 Å². The van der Waals surface area contributed by atoms with Gasteiger partial charge in [0.25, 0.3) is 5.91 Å². The van der Waals surface area contributed by atoms with Crippen molar-refractivity contribution in [1.29, 1.82) is 0 Å². The molecule has 0 aliphatic carbocycles. The Morgan fingerprint density at radius 2 is 2.26 bits per heavy atom. The van der Waals surface area contributed by atoms with E-state index >= 15 is 0 Å². The zero-order valence-corrected chi connectivity index (χ0v) is 11.0. The number of hydrogen-bond donors (Lipinski definition) is 1. The van der Waals surface area contributed by atoms with Crippen molar-refractivity contribution in [2.45, 2.75) is 13.0 Å². The third-order valence-electron chi connectivity index (χ3n) is 3.64. The van der Waals surface area contributed by atoms with Crippen LogP contribution in [0, 0.1) is 0 Å².